The number of nitriles is 1. The number of urea groups is 1. The fourth-order valence-corrected chi connectivity index (χ4v) is 3.03. The van der Waals surface area contributed by atoms with Crippen molar-refractivity contribution >= 4 is 28.4 Å². The zero-order chi connectivity index (χ0) is 21.5. The quantitative estimate of drug-likeness (QED) is 0.509. The van der Waals surface area contributed by atoms with E-state index in [-0.39, 0.29) is 6.03 Å². The van der Waals surface area contributed by atoms with Gasteiger partial charge in [-0.1, -0.05) is 12.1 Å². The van der Waals surface area contributed by atoms with Gasteiger partial charge >= 0.3 is 6.03 Å². The molecule has 0 fully saturated rings. The van der Waals surface area contributed by atoms with Gasteiger partial charge in [0.05, 0.1) is 23.4 Å². The second kappa shape index (κ2) is 9.61. The van der Waals surface area contributed by atoms with E-state index >= 15 is 0 Å². The third-order valence-corrected chi connectivity index (χ3v) is 4.69. The van der Waals surface area contributed by atoms with Crippen molar-refractivity contribution in [1.29, 1.82) is 5.26 Å². The van der Waals surface area contributed by atoms with E-state index < -0.39 is 0 Å². The van der Waals surface area contributed by atoms with Crippen LogP contribution in [-0.4, -0.2) is 30.7 Å². The number of rotatable bonds is 7. The van der Waals surface area contributed by atoms with Gasteiger partial charge in [0.15, 0.2) is 0 Å². The number of carbonyl (C=O) groups is 1. The normalized spacial score (nSPS) is 10.3. The van der Waals surface area contributed by atoms with Gasteiger partial charge in [0.25, 0.3) is 0 Å². The van der Waals surface area contributed by atoms with E-state index in [9.17, 15) is 10.1 Å². The van der Waals surface area contributed by atoms with E-state index in [4.69, 9.17) is 4.74 Å². The first-order valence-electron chi connectivity index (χ1n) is 9.84. The highest BCUT2D eigenvalue weighted by Crippen LogP contribution is 2.24. The van der Waals surface area contributed by atoms with Gasteiger partial charge in [-0.25, -0.2) is 9.78 Å². The average molecular weight is 403 g/mol. The third-order valence-electron chi connectivity index (χ3n) is 4.69. The maximum Gasteiger partial charge on any atom is 0.319 e. The third kappa shape index (κ3) is 4.97. The van der Waals surface area contributed by atoms with Crippen LogP contribution in [0, 0.1) is 25.2 Å². The minimum atomic E-state index is -0.331. The molecule has 30 heavy (non-hydrogen) atoms. The molecule has 0 saturated heterocycles. The predicted octanol–water partition coefficient (Wildman–Crippen LogP) is 4.36. The molecule has 0 spiro atoms. The van der Waals surface area contributed by atoms with Gasteiger partial charge in [-0.2, -0.15) is 5.26 Å². The van der Waals surface area contributed by atoms with Crippen molar-refractivity contribution < 1.29 is 9.53 Å². The van der Waals surface area contributed by atoms with E-state index in [0.29, 0.717) is 42.5 Å². The molecule has 1 aromatic heterocycles. The Labute approximate surface area is 176 Å². The van der Waals surface area contributed by atoms with Crippen molar-refractivity contribution in [3.63, 3.8) is 0 Å². The van der Waals surface area contributed by atoms with Crippen LogP contribution in [0.5, 0.6) is 5.75 Å². The van der Waals surface area contributed by atoms with Crippen LogP contribution >= 0.6 is 0 Å². The van der Waals surface area contributed by atoms with E-state index in [1.165, 1.54) is 0 Å². The molecule has 0 radical (unpaired) electrons. The molecule has 3 N–H and O–H groups in total. The smallest absolute Gasteiger partial charge is 0.319 e. The molecule has 154 valence electrons. The summed E-state index contributed by atoms with van der Waals surface area (Å²) < 4.78 is 5.50. The second-order valence-electron chi connectivity index (χ2n) is 6.86. The van der Waals surface area contributed by atoms with Crippen LogP contribution in [0.15, 0.2) is 42.5 Å². The number of hydrogen-bond acceptors (Lipinski definition) is 5. The number of anilines is 2. The van der Waals surface area contributed by atoms with Crippen LogP contribution in [0.2, 0.25) is 0 Å². The van der Waals surface area contributed by atoms with Gasteiger partial charge in [0.2, 0.25) is 0 Å². The molecule has 2 amide bonds. The first kappa shape index (κ1) is 20.9. The molecule has 0 aliphatic rings. The number of aryl methyl sites for hydroxylation is 2. The number of nitrogens with one attached hydrogen (secondary N) is 3. The van der Waals surface area contributed by atoms with E-state index in [1.54, 1.807) is 12.1 Å². The van der Waals surface area contributed by atoms with Gasteiger partial charge in [-0.15, -0.1) is 0 Å². The van der Waals surface area contributed by atoms with Gasteiger partial charge in [-0.05, 0) is 62.2 Å². The maximum absolute atomic E-state index is 12.2. The van der Waals surface area contributed by atoms with E-state index in [1.807, 2.05) is 51.1 Å². The summed E-state index contributed by atoms with van der Waals surface area (Å²) in [5.74, 6) is 1.13. The highest BCUT2D eigenvalue weighted by Gasteiger charge is 2.09. The summed E-state index contributed by atoms with van der Waals surface area (Å²) in [5.41, 5.74) is 4.23. The fraction of sp³-hybridized carbons (Fsp3) is 0.261. The second-order valence-corrected chi connectivity index (χ2v) is 6.86. The van der Waals surface area contributed by atoms with Crippen molar-refractivity contribution in [3.8, 4) is 11.8 Å². The van der Waals surface area contributed by atoms with Crippen LogP contribution in [0.1, 0.15) is 23.6 Å². The summed E-state index contributed by atoms with van der Waals surface area (Å²) in [6.07, 6.45) is 0. The van der Waals surface area contributed by atoms with E-state index in [0.717, 1.165) is 22.0 Å². The number of benzene rings is 2. The van der Waals surface area contributed by atoms with Gasteiger partial charge in [-0.3, -0.25) is 0 Å². The SMILES string of the molecule is CCOc1ccccc1NC(=O)NCCNc1nc2cc(C)c(C)cc2cc1C#N. The first-order valence-corrected chi connectivity index (χ1v) is 9.84. The zero-order valence-electron chi connectivity index (χ0n) is 17.4. The summed E-state index contributed by atoms with van der Waals surface area (Å²) in [5, 5.41) is 19.1. The van der Waals surface area contributed by atoms with Crippen LogP contribution in [-0.2, 0) is 0 Å². The van der Waals surface area contributed by atoms with Gasteiger partial charge < -0.3 is 20.7 Å². The first-order chi connectivity index (χ1) is 14.5. The average Bonchev–Trinajstić information content (AvgIpc) is 2.73. The molecule has 3 aromatic rings. The Kier molecular flexibility index (Phi) is 6.71. The number of amides is 2. The minimum Gasteiger partial charge on any atom is -0.492 e. The molecule has 0 bridgehead atoms. The number of aromatic nitrogens is 1. The summed E-state index contributed by atoms with van der Waals surface area (Å²) in [4.78, 5) is 16.8. The Hall–Kier alpha value is -3.79. The van der Waals surface area contributed by atoms with Crippen molar-refractivity contribution in [3.05, 3.63) is 59.2 Å². The van der Waals surface area contributed by atoms with Gasteiger partial charge in [0.1, 0.15) is 17.6 Å². The highest BCUT2D eigenvalue weighted by atomic mass is 16.5. The standard InChI is InChI=1S/C23H25N5O2/c1-4-30-21-8-6-5-7-19(21)28-23(29)26-10-9-25-22-18(14-24)13-17-11-15(2)16(3)12-20(17)27-22/h5-8,11-13H,4,9-10H2,1-3H3,(H,25,27)(H2,26,28,29). The predicted molar refractivity (Wildman–Crippen MR) is 119 cm³/mol. The summed E-state index contributed by atoms with van der Waals surface area (Å²) in [7, 11) is 0. The van der Waals surface area contributed by atoms with Gasteiger partial charge in [0, 0.05) is 18.5 Å². The molecule has 0 unspecified atom stereocenters. The Morgan fingerprint density at radius 3 is 2.67 bits per heavy atom. The molecule has 0 saturated carbocycles. The Bertz CT molecular complexity index is 1100. The lowest BCUT2D eigenvalue weighted by atomic mass is 10.0. The molecule has 0 aliphatic carbocycles. The monoisotopic (exact) mass is 403 g/mol. The van der Waals surface area contributed by atoms with Crippen molar-refractivity contribution in [2.24, 2.45) is 0 Å². The lowest BCUT2D eigenvalue weighted by Crippen LogP contribution is -2.33. The topological polar surface area (TPSA) is 99.1 Å². The largest absolute Gasteiger partial charge is 0.492 e. The number of fused-ring (bicyclic) bond motifs is 1. The molecule has 2 aromatic carbocycles. The van der Waals surface area contributed by atoms with Crippen molar-refractivity contribution in [1.82, 2.24) is 10.3 Å². The van der Waals surface area contributed by atoms with Crippen molar-refractivity contribution in [2.75, 3.05) is 30.3 Å². The molecular weight excluding hydrogens is 378 g/mol. The lowest BCUT2D eigenvalue weighted by molar-refractivity contribution is 0.252. The molecule has 7 nitrogen and oxygen atoms in total. The summed E-state index contributed by atoms with van der Waals surface area (Å²) >= 11 is 0. The minimum absolute atomic E-state index is 0.331. The zero-order valence-corrected chi connectivity index (χ0v) is 17.4. The molecule has 3 rings (SSSR count). The molecule has 0 atom stereocenters. The van der Waals surface area contributed by atoms with Crippen LogP contribution < -0.4 is 20.7 Å². The van der Waals surface area contributed by atoms with Crippen molar-refractivity contribution in [2.45, 2.75) is 20.8 Å². The fourth-order valence-electron chi connectivity index (χ4n) is 3.03. The Morgan fingerprint density at radius 2 is 1.90 bits per heavy atom. The molecule has 1 heterocycles. The number of hydrogen-bond donors (Lipinski definition) is 3. The summed E-state index contributed by atoms with van der Waals surface area (Å²) in [6, 6.07) is 15.0. The Morgan fingerprint density at radius 1 is 1.13 bits per heavy atom. The number of carbonyl (C=O) groups excluding carboxylic acids is 1. The Balaban J connectivity index is 1.59. The number of nitrogens with zero attached hydrogens (tertiary/aromatic N) is 2. The number of para-hydroxylation sites is 2. The number of ether oxygens (including phenoxy) is 1. The lowest BCUT2D eigenvalue weighted by Gasteiger charge is -2.13. The summed E-state index contributed by atoms with van der Waals surface area (Å²) in [6.45, 7) is 7.27. The molecule has 7 heteroatoms. The maximum atomic E-state index is 12.2. The molecular formula is C23H25N5O2. The van der Waals surface area contributed by atoms with Crippen LogP contribution in [0.3, 0.4) is 0 Å². The molecule has 0 aliphatic heterocycles. The highest BCUT2D eigenvalue weighted by molar-refractivity contribution is 5.91. The van der Waals surface area contributed by atoms with Crippen LogP contribution in [0.25, 0.3) is 10.9 Å². The number of pyridine rings is 1. The van der Waals surface area contributed by atoms with Crippen LogP contribution in [0.4, 0.5) is 16.3 Å². The van der Waals surface area contributed by atoms with E-state index in [2.05, 4.69) is 27.0 Å².